The molecule has 0 radical (unpaired) electrons. The molecule has 3 N–H and O–H groups in total. The van der Waals surface area contributed by atoms with E-state index in [0.717, 1.165) is 31.7 Å². The summed E-state index contributed by atoms with van der Waals surface area (Å²) in [5.74, 6) is 0.554. The van der Waals surface area contributed by atoms with Gasteiger partial charge < -0.3 is 10.1 Å². The van der Waals surface area contributed by atoms with Gasteiger partial charge in [-0.15, -0.1) is 0 Å². The fourth-order valence-electron chi connectivity index (χ4n) is 1.89. The van der Waals surface area contributed by atoms with E-state index in [1.165, 1.54) is 6.07 Å². The number of ether oxygens (including phenoxy) is 1. The van der Waals surface area contributed by atoms with Crippen LogP contribution in [0.2, 0.25) is 0 Å². The second-order valence-corrected chi connectivity index (χ2v) is 7.18. The largest absolute Gasteiger partial charge is 0.381 e. The third-order valence-corrected chi connectivity index (χ3v) is 3.96. The van der Waals surface area contributed by atoms with Crippen molar-refractivity contribution in [2.45, 2.75) is 38.1 Å². The maximum Gasteiger partial charge on any atom is 0.238 e. The first-order chi connectivity index (χ1) is 9.80. The van der Waals surface area contributed by atoms with Crippen LogP contribution >= 0.6 is 0 Å². The monoisotopic (exact) mass is 314 g/mol. The lowest BCUT2D eigenvalue weighted by atomic mass is 10.1. The minimum Gasteiger partial charge on any atom is -0.381 e. The van der Waals surface area contributed by atoms with Gasteiger partial charge in [0.05, 0.1) is 4.90 Å². The summed E-state index contributed by atoms with van der Waals surface area (Å²) in [6.07, 6.45) is 0.923. The SMILES string of the molecule is CC(C)COCCCNC(C)c1cccc(S(N)(=O)=O)c1. The van der Waals surface area contributed by atoms with E-state index in [9.17, 15) is 8.42 Å². The van der Waals surface area contributed by atoms with Crippen LogP contribution in [0.5, 0.6) is 0 Å². The van der Waals surface area contributed by atoms with Crippen LogP contribution in [0.15, 0.2) is 29.2 Å². The molecule has 0 aliphatic heterocycles. The van der Waals surface area contributed by atoms with Gasteiger partial charge in [-0.25, -0.2) is 13.6 Å². The number of rotatable bonds is 9. The molecule has 0 saturated heterocycles. The molecule has 0 bridgehead atoms. The van der Waals surface area contributed by atoms with Crippen molar-refractivity contribution in [2.75, 3.05) is 19.8 Å². The van der Waals surface area contributed by atoms with Gasteiger partial charge in [0, 0.05) is 19.3 Å². The Morgan fingerprint density at radius 1 is 1.29 bits per heavy atom. The average Bonchev–Trinajstić information content (AvgIpc) is 2.41. The lowest BCUT2D eigenvalue weighted by Gasteiger charge is -2.15. The van der Waals surface area contributed by atoms with Crippen molar-refractivity contribution in [1.82, 2.24) is 5.32 Å². The van der Waals surface area contributed by atoms with Gasteiger partial charge in [0.2, 0.25) is 10.0 Å². The molecule has 0 aliphatic rings. The highest BCUT2D eigenvalue weighted by Crippen LogP contribution is 2.16. The van der Waals surface area contributed by atoms with E-state index in [0.29, 0.717) is 5.92 Å². The molecule has 0 fully saturated rings. The van der Waals surface area contributed by atoms with E-state index in [1.807, 2.05) is 13.0 Å². The maximum absolute atomic E-state index is 11.3. The summed E-state index contributed by atoms with van der Waals surface area (Å²) in [6, 6.07) is 6.78. The van der Waals surface area contributed by atoms with Gasteiger partial charge in [-0.3, -0.25) is 0 Å². The number of primary sulfonamides is 1. The Bertz CT molecular complexity index is 529. The van der Waals surface area contributed by atoms with Gasteiger partial charge in [-0.1, -0.05) is 26.0 Å². The van der Waals surface area contributed by atoms with Crippen molar-refractivity contribution in [3.63, 3.8) is 0 Å². The predicted molar refractivity (Wildman–Crippen MR) is 84.5 cm³/mol. The first kappa shape index (κ1) is 18.1. The van der Waals surface area contributed by atoms with Gasteiger partial charge in [0.1, 0.15) is 0 Å². The van der Waals surface area contributed by atoms with Crippen LogP contribution in [-0.2, 0) is 14.8 Å². The van der Waals surface area contributed by atoms with Crippen LogP contribution in [0.3, 0.4) is 0 Å². The van der Waals surface area contributed by atoms with Gasteiger partial charge in [0.15, 0.2) is 0 Å². The second-order valence-electron chi connectivity index (χ2n) is 5.62. The summed E-state index contributed by atoms with van der Waals surface area (Å²) in [6.45, 7) is 8.58. The molecule has 0 saturated carbocycles. The summed E-state index contributed by atoms with van der Waals surface area (Å²) in [7, 11) is -3.65. The predicted octanol–water partition coefficient (Wildman–Crippen LogP) is 2.05. The van der Waals surface area contributed by atoms with E-state index in [-0.39, 0.29) is 10.9 Å². The highest BCUT2D eigenvalue weighted by molar-refractivity contribution is 7.89. The molecular weight excluding hydrogens is 288 g/mol. The molecular formula is C15H26N2O3S. The third-order valence-electron chi connectivity index (χ3n) is 3.05. The molecule has 1 rings (SSSR count). The van der Waals surface area contributed by atoms with Crippen molar-refractivity contribution in [1.29, 1.82) is 0 Å². The van der Waals surface area contributed by atoms with Crippen LogP contribution in [0.25, 0.3) is 0 Å². The fraction of sp³-hybridized carbons (Fsp3) is 0.600. The summed E-state index contributed by atoms with van der Waals surface area (Å²) < 4.78 is 28.2. The quantitative estimate of drug-likeness (QED) is 0.684. The fourth-order valence-corrected chi connectivity index (χ4v) is 2.46. The molecule has 1 aromatic carbocycles. The van der Waals surface area contributed by atoms with Crippen LogP contribution in [0.4, 0.5) is 0 Å². The van der Waals surface area contributed by atoms with Crippen molar-refractivity contribution < 1.29 is 13.2 Å². The van der Waals surface area contributed by atoms with Crippen molar-refractivity contribution in [3.8, 4) is 0 Å². The number of nitrogens with two attached hydrogens (primary N) is 1. The Kier molecular flexibility index (Phi) is 7.31. The van der Waals surface area contributed by atoms with E-state index >= 15 is 0 Å². The minimum atomic E-state index is -3.65. The zero-order valence-corrected chi connectivity index (χ0v) is 13.8. The number of benzene rings is 1. The number of nitrogens with one attached hydrogen (secondary N) is 1. The zero-order valence-electron chi connectivity index (χ0n) is 13.0. The topological polar surface area (TPSA) is 81.4 Å². The van der Waals surface area contributed by atoms with Gasteiger partial charge in [-0.2, -0.15) is 0 Å². The van der Waals surface area contributed by atoms with E-state index in [2.05, 4.69) is 19.2 Å². The Balaban J connectivity index is 2.40. The Morgan fingerprint density at radius 3 is 2.62 bits per heavy atom. The highest BCUT2D eigenvalue weighted by Gasteiger charge is 2.11. The second kappa shape index (κ2) is 8.48. The molecule has 0 aromatic heterocycles. The molecule has 0 spiro atoms. The molecule has 5 nitrogen and oxygen atoms in total. The molecule has 1 unspecified atom stereocenters. The molecule has 0 heterocycles. The zero-order chi connectivity index (χ0) is 15.9. The lowest BCUT2D eigenvalue weighted by molar-refractivity contribution is 0.107. The highest BCUT2D eigenvalue weighted by atomic mass is 32.2. The molecule has 6 heteroatoms. The van der Waals surface area contributed by atoms with Gasteiger partial charge >= 0.3 is 0 Å². The molecule has 0 aliphatic carbocycles. The Hall–Kier alpha value is -0.950. The smallest absolute Gasteiger partial charge is 0.238 e. The minimum absolute atomic E-state index is 0.0665. The summed E-state index contributed by atoms with van der Waals surface area (Å²) >= 11 is 0. The normalized spacial score (nSPS) is 13.6. The average molecular weight is 314 g/mol. The van der Waals surface area contributed by atoms with Crippen LogP contribution in [0.1, 0.15) is 38.8 Å². The maximum atomic E-state index is 11.3. The Labute approximate surface area is 127 Å². The summed E-state index contributed by atoms with van der Waals surface area (Å²) in [4.78, 5) is 0.147. The molecule has 21 heavy (non-hydrogen) atoms. The number of sulfonamides is 1. The van der Waals surface area contributed by atoms with Crippen molar-refractivity contribution in [3.05, 3.63) is 29.8 Å². The number of hydrogen-bond donors (Lipinski definition) is 2. The first-order valence-electron chi connectivity index (χ1n) is 7.24. The lowest BCUT2D eigenvalue weighted by Crippen LogP contribution is -2.22. The summed E-state index contributed by atoms with van der Waals surface area (Å²) in [5.41, 5.74) is 0.907. The standard InChI is InChI=1S/C15H26N2O3S/c1-12(2)11-20-9-5-8-17-13(3)14-6-4-7-15(10-14)21(16,18)19/h4,6-7,10,12-13,17H,5,8-9,11H2,1-3H3,(H2,16,18,19). The molecule has 0 amide bonds. The van der Waals surface area contributed by atoms with Crippen LogP contribution in [-0.4, -0.2) is 28.2 Å². The summed E-state index contributed by atoms with van der Waals surface area (Å²) in [5, 5.41) is 8.49. The van der Waals surface area contributed by atoms with E-state index in [1.54, 1.807) is 12.1 Å². The van der Waals surface area contributed by atoms with E-state index < -0.39 is 10.0 Å². The van der Waals surface area contributed by atoms with Crippen LogP contribution in [0, 0.1) is 5.92 Å². The van der Waals surface area contributed by atoms with E-state index in [4.69, 9.17) is 9.88 Å². The van der Waals surface area contributed by atoms with Gasteiger partial charge in [-0.05, 0) is 43.5 Å². The molecule has 1 aromatic rings. The molecule has 120 valence electrons. The van der Waals surface area contributed by atoms with Crippen LogP contribution < -0.4 is 10.5 Å². The number of hydrogen-bond acceptors (Lipinski definition) is 4. The third kappa shape index (κ3) is 7.04. The Morgan fingerprint density at radius 2 is 2.00 bits per heavy atom. The van der Waals surface area contributed by atoms with Gasteiger partial charge in [0.25, 0.3) is 0 Å². The first-order valence-corrected chi connectivity index (χ1v) is 8.79. The van der Waals surface area contributed by atoms with Crippen molar-refractivity contribution >= 4 is 10.0 Å². The van der Waals surface area contributed by atoms with Crippen molar-refractivity contribution in [2.24, 2.45) is 11.1 Å². The molecule has 1 atom stereocenters.